The molecule has 0 heterocycles. The Bertz CT molecular complexity index is 849. The molecular formula is C19H23ClN2O3S. The van der Waals surface area contributed by atoms with Crippen molar-refractivity contribution in [3.8, 4) is 0 Å². The third kappa shape index (κ3) is 6.12. The molecule has 2 N–H and O–H groups in total. The molecule has 26 heavy (non-hydrogen) atoms. The van der Waals surface area contributed by atoms with Crippen LogP contribution < -0.4 is 10.0 Å². The summed E-state index contributed by atoms with van der Waals surface area (Å²) in [5.41, 5.74) is 1.20. The molecule has 0 saturated carbocycles. The zero-order chi connectivity index (χ0) is 19.2. The van der Waals surface area contributed by atoms with E-state index in [9.17, 15) is 13.2 Å². The van der Waals surface area contributed by atoms with Crippen molar-refractivity contribution in [2.24, 2.45) is 5.92 Å². The van der Waals surface area contributed by atoms with Gasteiger partial charge in [-0.2, -0.15) is 0 Å². The Morgan fingerprint density at radius 3 is 2.46 bits per heavy atom. The van der Waals surface area contributed by atoms with Crippen LogP contribution in [0.5, 0.6) is 0 Å². The van der Waals surface area contributed by atoms with Gasteiger partial charge < -0.3 is 5.32 Å². The average molecular weight is 395 g/mol. The van der Waals surface area contributed by atoms with Gasteiger partial charge in [-0.25, -0.2) is 13.1 Å². The molecule has 7 heteroatoms. The number of sulfonamides is 1. The fourth-order valence-electron chi connectivity index (χ4n) is 2.26. The summed E-state index contributed by atoms with van der Waals surface area (Å²) in [6, 6.07) is 13.2. The smallest absolute Gasteiger partial charge is 0.251 e. The highest BCUT2D eigenvalue weighted by atomic mass is 35.5. The number of benzene rings is 2. The fourth-order valence-corrected chi connectivity index (χ4v) is 3.48. The number of halogens is 1. The molecule has 0 aliphatic carbocycles. The maximum absolute atomic E-state index is 12.3. The molecule has 0 aliphatic heterocycles. The molecule has 2 aromatic rings. The van der Waals surface area contributed by atoms with Crippen LogP contribution in [0.15, 0.2) is 53.4 Å². The maximum atomic E-state index is 12.3. The van der Waals surface area contributed by atoms with E-state index in [0.29, 0.717) is 29.6 Å². The van der Waals surface area contributed by atoms with Gasteiger partial charge in [-0.3, -0.25) is 4.79 Å². The molecule has 2 rings (SSSR count). The van der Waals surface area contributed by atoms with Gasteiger partial charge in [0.25, 0.3) is 5.91 Å². The molecule has 140 valence electrons. The first kappa shape index (κ1) is 20.4. The standard InChI is InChI=1S/C19H23ClN2O3S/c1-14(2)10-11-22-26(24,25)18-5-3-4-16(12-18)19(23)21-13-15-6-8-17(20)9-7-15/h3-9,12,14,22H,10-11,13H2,1-2H3,(H,21,23). The van der Waals surface area contributed by atoms with Gasteiger partial charge in [0.15, 0.2) is 0 Å². The van der Waals surface area contributed by atoms with Crippen LogP contribution >= 0.6 is 11.6 Å². The molecular weight excluding hydrogens is 372 g/mol. The second-order valence-corrected chi connectivity index (χ2v) is 8.62. The average Bonchev–Trinajstić information content (AvgIpc) is 2.60. The first-order valence-corrected chi connectivity index (χ1v) is 10.3. The van der Waals surface area contributed by atoms with Crippen molar-refractivity contribution in [3.63, 3.8) is 0 Å². The topological polar surface area (TPSA) is 75.3 Å². The highest BCUT2D eigenvalue weighted by Gasteiger charge is 2.16. The Hall–Kier alpha value is -1.89. The summed E-state index contributed by atoms with van der Waals surface area (Å²) >= 11 is 5.83. The predicted molar refractivity (Wildman–Crippen MR) is 104 cm³/mol. The van der Waals surface area contributed by atoms with Gasteiger partial charge >= 0.3 is 0 Å². The number of hydrogen-bond donors (Lipinski definition) is 2. The monoisotopic (exact) mass is 394 g/mol. The molecule has 5 nitrogen and oxygen atoms in total. The van der Waals surface area contributed by atoms with Crippen molar-refractivity contribution >= 4 is 27.5 Å². The molecule has 0 saturated heterocycles. The number of hydrogen-bond acceptors (Lipinski definition) is 3. The van der Waals surface area contributed by atoms with E-state index in [0.717, 1.165) is 12.0 Å². The van der Waals surface area contributed by atoms with Crippen molar-refractivity contribution in [1.29, 1.82) is 0 Å². The lowest BCUT2D eigenvalue weighted by atomic mass is 10.1. The molecule has 0 fully saturated rings. The van der Waals surface area contributed by atoms with Crippen LogP contribution in [0.4, 0.5) is 0 Å². The zero-order valence-electron chi connectivity index (χ0n) is 14.8. The van der Waals surface area contributed by atoms with E-state index in [2.05, 4.69) is 10.0 Å². The summed E-state index contributed by atoms with van der Waals surface area (Å²) in [5.74, 6) is 0.0712. The van der Waals surface area contributed by atoms with Crippen molar-refractivity contribution in [3.05, 3.63) is 64.7 Å². The molecule has 0 bridgehead atoms. The minimum atomic E-state index is -3.63. The van der Waals surface area contributed by atoms with E-state index in [1.807, 2.05) is 26.0 Å². The third-order valence-corrected chi connectivity index (χ3v) is 5.50. The molecule has 0 aromatic heterocycles. The Balaban J connectivity index is 2.02. The van der Waals surface area contributed by atoms with Gasteiger partial charge in [0.2, 0.25) is 10.0 Å². The van der Waals surface area contributed by atoms with E-state index in [1.54, 1.807) is 24.3 Å². The van der Waals surface area contributed by atoms with Crippen molar-refractivity contribution in [1.82, 2.24) is 10.0 Å². The van der Waals surface area contributed by atoms with E-state index in [1.165, 1.54) is 12.1 Å². The highest BCUT2D eigenvalue weighted by Crippen LogP contribution is 2.13. The molecule has 0 unspecified atom stereocenters. The first-order chi connectivity index (χ1) is 12.3. The van der Waals surface area contributed by atoms with E-state index in [-0.39, 0.29) is 10.8 Å². The van der Waals surface area contributed by atoms with Gasteiger partial charge in [0.05, 0.1) is 4.90 Å². The molecule has 0 atom stereocenters. The first-order valence-electron chi connectivity index (χ1n) is 8.40. The summed E-state index contributed by atoms with van der Waals surface area (Å²) in [7, 11) is -3.63. The Morgan fingerprint density at radius 1 is 1.12 bits per heavy atom. The normalized spacial score (nSPS) is 11.5. The zero-order valence-corrected chi connectivity index (χ0v) is 16.4. The Labute approximate surface area is 159 Å². The summed E-state index contributed by atoms with van der Waals surface area (Å²) in [6.45, 7) is 4.76. The van der Waals surface area contributed by atoms with Crippen molar-refractivity contribution in [2.45, 2.75) is 31.7 Å². The lowest BCUT2D eigenvalue weighted by Gasteiger charge is -2.10. The van der Waals surface area contributed by atoms with Crippen LogP contribution in [0.25, 0.3) is 0 Å². The second kappa shape index (κ2) is 9.16. The summed E-state index contributed by atoms with van der Waals surface area (Å²) < 4.78 is 27.3. The van der Waals surface area contributed by atoms with Crippen LogP contribution in [0.1, 0.15) is 36.2 Å². The van der Waals surface area contributed by atoms with Crippen LogP contribution in [0, 0.1) is 5.92 Å². The van der Waals surface area contributed by atoms with Crippen LogP contribution in [-0.4, -0.2) is 20.9 Å². The van der Waals surface area contributed by atoms with Crippen molar-refractivity contribution < 1.29 is 13.2 Å². The Kier molecular flexibility index (Phi) is 7.20. The van der Waals surface area contributed by atoms with Gasteiger partial charge in [0, 0.05) is 23.7 Å². The summed E-state index contributed by atoms with van der Waals surface area (Å²) in [6.07, 6.45) is 0.750. The number of carbonyl (C=O) groups excluding carboxylic acids is 1. The number of rotatable bonds is 8. The molecule has 0 spiro atoms. The summed E-state index contributed by atoms with van der Waals surface area (Å²) in [4.78, 5) is 12.4. The van der Waals surface area contributed by atoms with Gasteiger partial charge in [-0.1, -0.05) is 43.6 Å². The third-order valence-electron chi connectivity index (χ3n) is 3.79. The quantitative estimate of drug-likeness (QED) is 0.718. The lowest BCUT2D eigenvalue weighted by Crippen LogP contribution is -2.27. The Morgan fingerprint density at radius 2 is 1.81 bits per heavy atom. The van der Waals surface area contributed by atoms with E-state index in [4.69, 9.17) is 11.6 Å². The van der Waals surface area contributed by atoms with Gasteiger partial charge in [-0.05, 0) is 48.2 Å². The molecule has 2 aromatic carbocycles. The molecule has 1 amide bonds. The van der Waals surface area contributed by atoms with E-state index < -0.39 is 10.0 Å². The number of amides is 1. The number of carbonyl (C=O) groups is 1. The van der Waals surface area contributed by atoms with Crippen LogP contribution in [-0.2, 0) is 16.6 Å². The highest BCUT2D eigenvalue weighted by molar-refractivity contribution is 7.89. The predicted octanol–water partition coefficient (Wildman–Crippen LogP) is 3.59. The fraction of sp³-hybridized carbons (Fsp3) is 0.316. The number of nitrogens with one attached hydrogen (secondary N) is 2. The second-order valence-electron chi connectivity index (χ2n) is 6.42. The molecule has 0 aliphatic rings. The van der Waals surface area contributed by atoms with Gasteiger partial charge in [0.1, 0.15) is 0 Å². The lowest BCUT2D eigenvalue weighted by molar-refractivity contribution is 0.0950. The maximum Gasteiger partial charge on any atom is 0.251 e. The van der Waals surface area contributed by atoms with Crippen LogP contribution in [0.3, 0.4) is 0 Å². The molecule has 0 radical (unpaired) electrons. The van der Waals surface area contributed by atoms with E-state index >= 15 is 0 Å². The SMILES string of the molecule is CC(C)CCNS(=O)(=O)c1cccc(C(=O)NCc2ccc(Cl)cc2)c1. The minimum Gasteiger partial charge on any atom is -0.348 e. The van der Waals surface area contributed by atoms with Crippen molar-refractivity contribution in [2.75, 3.05) is 6.54 Å². The van der Waals surface area contributed by atoms with Crippen LogP contribution in [0.2, 0.25) is 5.02 Å². The summed E-state index contributed by atoms with van der Waals surface area (Å²) in [5, 5.41) is 3.40. The largest absolute Gasteiger partial charge is 0.348 e. The minimum absolute atomic E-state index is 0.0837. The van der Waals surface area contributed by atoms with Gasteiger partial charge in [-0.15, -0.1) is 0 Å².